The highest BCUT2D eigenvalue weighted by molar-refractivity contribution is 5.96. The lowest BCUT2D eigenvalue weighted by molar-refractivity contribution is -0.346. The summed E-state index contributed by atoms with van der Waals surface area (Å²) in [6.45, 7) is 7.98. The fourth-order valence-electron chi connectivity index (χ4n) is 10.5. The molecule has 16 heteroatoms. The standard InChI is InChI=1S/C49H56N2O14/c1-26-33(63-45(59)38(55)37(29-15-11-9-12-16-29)50-43(57)30-19-21-32(22-20-30)51(7)8)24-49(60)42(64-44(58)31-17-13-10-14-18-31)40-47(6,34(54)23-35-48(40,25-61-35)65-28(3)53)41(56)39(62-27(2)52)36(26)46(49,4)5/h9-22,33-35,37-40,42,54-55,60H,23-25H2,1-8H3,(H,50,57)/t33-,34-,35+,37-,38+,39+,40-,42-,47+,48-,49+/m0/s1. The van der Waals surface area contributed by atoms with Gasteiger partial charge in [-0.3, -0.25) is 19.2 Å². The van der Waals surface area contributed by atoms with Gasteiger partial charge in [-0.2, -0.15) is 0 Å². The minimum Gasteiger partial charge on any atom is -0.456 e. The summed E-state index contributed by atoms with van der Waals surface area (Å²) in [6.07, 6.45) is -10.6. The molecule has 4 N–H and O–H groups in total. The molecule has 2 bridgehead atoms. The van der Waals surface area contributed by atoms with E-state index in [-0.39, 0.29) is 35.3 Å². The second kappa shape index (κ2) is 17.5. The Hall–Kier alpha value is -5.94. The summed E-state index contributed by atoms with van der Waals surface area (Å²) in [5.41, 5.74) is -6.23. The first-order valence-electron chi connectivity index (χ1n) is 21.5. The number of hydrogen-bond donors (Lipinski definition) is 4. The van der Waals surface area contributed by atoms with Crippen LogP contribution in [0.1, 0.15) is 86.7 Å². The Morgan fingerprint density at radius 3 is 2.02 bits per heavy atom. The molecule has 0 spiro atoms. The Morgan fingerprint density at radius 1 is 0.846 bits per heavy atom. The summed E-state index contributed by atoms with van der Waals surface area (Å²) in [6, 6.07) is 21.5. The Morgan fingerprint density at radius 2 is 1.46 bits per heavy atom. The lowest BCUT2D eigenvalue weighted by atomic mass is 9.44. The molecule has 16 nitrogen and oxygen atoms in total. The van der Waals surface area contributed by atoms with Crippen LogP contribution in [0.4, 0.5) is 5.69 Å². The number of ether oxygens (including phenoxy) is 5. The highest BCUT2D eigenvalue weighted by atomic mass is 16.6. The average Bonchev–Trinajstić information content (AvgIpc) is 3.26. The predicted molar refractivity (Wildman–Crippen MR) is 232 cm³/mol. The third-order valence-electron chi connectivity index (χ3n) is 14.1. The quantitative estimate of drug-likeness (QED) is 0.122. The molecule has 2 saturated carbocycles. The van der Waals surface area contributed by atoms with Crippen LogP contribution in [0.2, 0.25) is 0 Å². The number of amides is 1. The van der Waals surface area contributed by atoms with Gasteiger partial charge in [-0.15, -0.1) is 0 Å². The normalized spacial score (nSPS) is 30.9. The summed E-state index contributed by atoms with van der Waals surface area (Å²) < 4.78 is 30.4. The van der Waals surface area contributed by atoms with Crippen molar-refractivity contribution in [2.45, 2.75) is 108 Å². The fourth-order valence-corrected chi connectivity index (χ4v) is 10.5. The number of carbonyl (C=O) groups is 6. The molecule has 3 aromatic carbocycles. The third kappa shape index (κ3) is 8.00. The van der Waals surface area contributed by atoms with Gasteiger partial charge in [0.2, 0.25) is 0 Å². The Labute approximate surface area is 376 Å². The van der Waals surface area contributed by atoms with E-state index in [2.05, 4.69) is 5.32 Å². The predicted octanol–water partition coefficient (Wildman–Crippen LogP) is 3.80. The van der Waals surface area contributed by atoms with E-state index in [4.69, 9.17) is 23.7 Å². The largest absolute Gasteiger partial charge is 0.456 e. The molecule has 0 aromatic heterocycles. The summed E-state index contributed by atoms with van der Waals surface area (Å²) in [5.74, 6) is -6.87. The van der Waals surface area contributed by atoms with Crippen molar-refractivity contribution in [1.82, 2.24) is 5.32 Å². The number of aliphatic hydroxyl groups is 3. The first-order chi connectivity index (χ1) is 30.6. The number of carbonyl (C=O) groups excluding carboxylic acids is 6. The van der Waals surface area contributed by atoms with Gasteiger partial charge in [0, 0.05) is 57.5 Å². The number of aliphatic hydroxyl groups excluding tert-OH is 2. The van der Waals surface area contributed by atoms with Crippen LogP contribution in [0, 0.1) is 16.7 Å². The van der Waals surface area contributed by atoms with E-state index < -0.39 is 113 Å². The number of ketones is 1. The highest BCUT2D eigenvalue weighted by Crippen LogP contribution is 2.64. The van der Waals surface area contributed by atoms with E-state index in [1.165, 1.54) is 26.0 Å². The fraction of sp³-hybridized carbons (Fsp3) is 0.469. The Kier molecular flexibility index (Phi) is 12.6. The zero-order valence-electron chi connectivity index (χ0n) is 37.6. The molecule has 1 amide bonds. The van der Waals surface area contributed by atoms with Gasteiger partial charge in [0.15, 0.2) is 23.6 Å². The van der Waals surface area contributed by atoms with Crippen LogP contribution in [0.3, 0.4) is 0 Å². The summed E-state index contributed by atoms with van der Waals surface area (Å²) >= 11 is 0. The van der Waals surface area contributed by atoms with Gasteiger partial charge in [-0.1, -0.05) is 62.4 Å². The van der Waals surface area contributed by atoms with Gasteiger partial charge in [-0.25, -0.2) is 9.59 Å². The number of nitrogens with zero attached hydrogens (tertiary/aromatic N) is 1. The lowest BCUT2D eigenvalue weighted by Crippen LogP contribution is -2.82. The zero-order chi connectivity index (χ0) is 47.4. The third-order valence-corrected chi connectivity index (χ3v) is 14.1. The topological polar surface area (TPSA) is 225 Å². The lowest BCUT2D eigenvalue weighted by Gasteiger charge is -2.67. The van der Waals surface area contributed by atoms with Crippen LogP contribution >= 0.6 is 0 Å². The number of esters is 4. The minimum absolute atomic E-state index is 0.00558. The van der Waals surface area contributed by atoms with Crippen molar-refractivity contribution in [2.75, 3.05) is 25.6 Å². The Balaban J connectivity index is 1.36. The van der Waals surface area contributed by atoms with Crippen molar-refractivity contribution in [1.29, 1.82) is 0 Å². The second-order valence-electron chi connectivity index (χ2n) is 18.4. The maximum absolute atomic E-state index is 15.5. The highest BCUT2D eigenvalue weighted by Gasteiger charge is 2.78. The summed E-state index contributed by atoms with van der Waals surface area (Å²) in [7, 11) is 3.70. The van der Waals surface area contributed by atoms with Crippen molar-refractivity contribution in [2.24, 2.45) is 16.7 Å². The van der Waals surface area contributed by atoms with Crippen molar-refractivity contribution in [3.05, 3.63) is 113 Å². The van der Waals surface area contributed by atoms with Crippen molar-refractivity contribution >= 4 is 41.3 Å². The maximum Gasteiger partial charge on any atom is 0.338 e. The maximum atomic E-state index is 15.5. The molecule has 346 valence electrons. The smallest absolute Gasteiger partial charge is 0.338 e. The number of benzene rings is 3. The number of hydrogen-bond acceptors (Lipinski definition) is 15. The number of fused-ring (bicyclic) bond motifs is 5. The molecule has 3 aromatic rings. The summed E-state index contributed by atoms with van der Waals surface area (Å²) in [4.78, 5) is 85.9. The molecule has 3 aliphatic carbocycles. The molecular formula is C49H56N2O14. The number of nitrogens with one attached hydrogen (secondary N) is 1. The van der Waals surface area contributed by atoms with Crippen molar-refractivity contribution in [3.8, 4) is 0 Å². The van der Waals surface area contributed by atoms with Gasteiger partial charge in [0.1, 0.15) is 23.9 Å². The van der Waals surface area contributed by atoms with Crippen LogP contribution in [0.25, 0.3) is 0 Å². The number of Topliss-reactive ketones (excluding diaryl/α,β-unsaturated/α-hetero) is 1. The van der Waals surface area contributed by atoms with Crippen LogP contribution in [0.5, 0.6) is 0 Å². The molecule has 1 heterocycles. The molecule has 0 radical (unpaired) electrons. The minimum atomic E-state index is -2.40. The van der Waals surface area contributed by atoms with Crippen molar-refractivity contribution < 1.29 is 67.8 Å². The Bertz CT molecular complexity index is 2390. The second-order valence-corrected chi connectivity index (χ2v) is 18.4. The van der Waals surface area contributed by atoms with Crippen LogP contribution in [0.15, 0.2) is 96.1 Å². The first-order valence-corrected chi connectivity index (χ1v) is 21.5. The number of anilines is 1. The molecule has 3 fully saturated rings. The molecule has 1 saturated heterocycles. The van der Waals surface area contributed by atoms with E-state index >= 15 is 4.79 Å². The van der Waals surface area contributed by atoms with E-state index in [0.717, 1.165) is 19.5 Å². The van der Waals surface area contributed by atoms with Crippen LogP contribution in [-0.2, 0) is 42.9 Å². The van der Waals surface area contributed by atoms with Gasteiger partial charge in [0.05, 0.1) is 35.6 Å². The molecular weight excluding hydrogens is 841 g/mol. The van der Waals surface area contributed by atoms with Gasteiger partial charge < -0.3 is 49.2 Å². The molecule has 65 heavy (non-hydrogen) atoms. The van der Waals surface area contributed by atoms with Crippen LogP contribution in [-0.4, -0.2) is 119 Å². The van der Waals surface area contributed by atoms with E-state index in [0.29, 0.717) is 5.56 Å². The van der Waals surface area contributed by atoms with Gasteiger partial charge >= 0.3 is 23.9 Å². The molecule has 4 aliphatic rings. The van der Waals surface area contributed by atoms with Gasteiger partial charge in [0.25, 0.3) is 5.91 Å². The summed E-state index contributed by atoms with van der Waals surface area (Å²) in [5, 5.41) is 40.5. The monoisotopic (exact) mass is 896 g/mol. The van der Waals surface area contributed by atoms with E-state index in [1.54, 1.807) is 86.6 Å². The van der Waals surface area contributed by atoms with E-state index in [9.17, 15) is 39.3 Å². The van der Waals surface area contributed by atoms with Crippen LogP contribution < -0.4 is 10.2 Å². The molecule has 11 atom stereocenters. The number of rotatable bonds is 11. The van der Waals surface area contributed by atoms with E-state index in [1.807, 2.05) is 19.0 Å². The molecule has 0 unspecified atom stereocenters. The van der Waals surface area contributed by atoms with Crippen molar-refractivity contribution in [3.63, 3.8) is 0 Å². The first kappa shape index (κ1) is 47.0. The SMILES string of the molecule is CC(=O)O[C@H]1C(=O)[C@@]2(C)[C@H]([C@H](OC(=O)c3ccccc3)[C@]3(O)C[C@H](OC(=O)[C@H](O)[C@@H](NC(=O)c4ccc(N(C)C)cc4)c4ccccc4)C(C)=C1C3(C)C)[C@]1(OC(C)=O)CO[C@@H]1C[C@@H]2O. The zero-order valence-corrected chi connectivity index (χ0v) is 37.6. The molecule has 7 rings (SSSR count). The average molecular weight is 897 g/mol. The molecule has 1 aliphatic heterocycles. The van der Waals surface area contributed by atoms with Gasteiger partial charge in [-0.05, 0) is 67.0 Å².